The van der Waals surface area contributed by atoms with E-state index in [9.17, 15) is 43.9 Å². The summed E-state index contributed by atoms with van der Waals surface area (Å²) in [6, 6.07) is 30.9. The maximum Gasteiger partial charge on any atom is 0.598 e. The molecule has 6 rings (SSSR count). The van der Waals surface area contributed by atoms with Crippen LogP contribution in [0.25, 0.3) is 34.0 Å². The SMILES string of the molecule is CC(C)(C)c1ccc(C2=CC(c3ccc(C(C)(C)C)cc3)=N/C2=C\c2c(-c3ccc(C(C)(C)C)cc3)cc(-c3ccc(C(C)(C)C)cc3)n2B(OCC(F)(F)C(F)(F)F)OCC(F)(F)C(F)(F)F)cc1. The monoisotopic (exact) mass is 980 g/mol. The average molecular weight is 981 g/mol. The predicted octanol–water partition coefficient (Wildman–Crippen LogP) is 16.2. The number of rotatable bonds is 12. The zero-order valence-corrected chi connectivity index (χ0v) is 41.5. The third-order valence-electron chi connectivity index (χ3n) is 12.2. The summed E-state index contributed by atoms with van der Waals surface area (Å²) in [6.07, 6.45) is -9.06. The molecule has 2 heterocycles. The smallest absolute Gasteiger partial charge is 0.385 e. The summed E-state index contributed by atoms with van der Waals surface area (Å²) in [6.45, 7) is 19.2. The highest BCUT2D eigenvalue weighted by Crippen LogP contribution is 2.43. The molecule has 4 nitrogen and oxygen atoms in total. The standard InChI is InChI=1S/C55H59BF10N2O2/c1-48(2,3)38-21-13-34(14-22-38)42-29-44(36-17-25-40(26-18-36)50(7,8)9)67-45(42)31-47-43(35-15-23-39(24-16-35)49(4,5)6)30-46(37-19-27-41(28-20-37)51(10,11)12)68(47)56(69-32-52(57,58)54(61,62)63)70-33-53(59,60)55(64,65)66/h13-31H,32-33H2,1-12H3/b45-31-. The molecule has 0 unspecified atom stereocenters. The lowest BCUT2D eigenvalue weighted by Crippen LogP contribution is -2.48. The van der Waals surface area contributed by atoms with Crippen molar-refractivity contribution in [2.75, 3.05) is 13.2 Å². The predicted molar refractivity (Wildman–Crippen MR) is 261 cm³/mol. The maximum atomic E-state index is 14.8. The quantitative estimate of drug-likeness (QED) is 0.0922. The van der Waals surface area contributed by atoms with E-state index < -0.39 is 44.7 Å². The van der Waals surface area contributed by atoms with Gasteiger partial charge in [-0.1, -0.05) is 180 Å². The average Bonchev–Trinajstić information content (AvgIpc) is 3.84. The third-order valence-corrected chi connectivity index (χ3v) is 12.2. The van der Waals surface area contributed by atoms with Crippen LogP contribution in [0.2, 0.25) is 0 Å². The van der Waals surface area contributed by atoms with Crippen LogP contribution in [0.5, 0.6) is 0 Å². The number of hydrogen-bond acceptors (Lipinski definition) is 3. The van der Waals surface area contributed by atoms with Crippen LogP contribution < -0.4 is 0 Å². The minimum atomic E-state index is -6.19. The van der Waals surface area contributed by atoms with Gasteiger partial charge >= 0.3 is 31.5 Å². The van der Waals surface area contributed by atoms with Gasteiger partial charge in [0.05, 0.1) is 11.4 Å². The van der Waals surface area contributed by atoms with E-state index in [0.717, 1.165) is 26.7 Å². The van der Waals surface area contributed by atoms with E-state index >= 15 is 0 Å². The largest absolute Gasteiger partial charge is 0.598 e. The number of alkyl halides is 10. The van der Waals surface area contributed by atoms with Crippen LogP contribution in [0.1, 0.15) is 122 Å². The Bertz CT molecular complexity index is 2710. The first kappa shape index (κ1) is 53.9. The Morgan fingerprint density at radius 2 is 0.814 bits per heavy atom. The highest BCUT2D eigenvalue weighted by Gasteiger charge is 2.60. The second-order valence-electron chi connectivity index (χ2n) is 21.9. The summed E-state index contributed by atoms with van der Waals surface area (Å²) in [5.41, 5.74) is 6.27. The van der Waals surface area contributed by atoms with E-state index in [1.54, 1.807) is 42.5 Å². The summed E-state index contributed by atoms with van der Waals surface area (Å²) in [5.74, 6) is -11.2. The molecule has 0 saturated carbocycles. The molecule has 1 aliphatic rings. The minimum Gasteiger partial charge on any atom is -0.385 e. The fourth-order valence-corrected chi connectivity index (χ4v) is 7.71. The van der Waals surface area contributed by atoms with Gasteiger partial charge in [0, 0.05) is 28.1 Å². The molecule has 5 aromatic rings. The van der Waals surface area contributed by atoms with Gasteiger partial charge in [0.2, 0.25) is 0 Å². The summed E-state index contributed by atoms with van der Waals surface area (Å²) >= 11 is 0. The third kappa shape index (κ3) is 12.0. The Balaban J connectivity index is 1.72. The summed E-state index contributed by atoms with van der Waals surface area (Å²) in [7, 11) is -2.73. The van der Waals surface area contributed by atoms with Crippen LogP contribution in [0.3, 0.4) is 0 Å². The van der Waals surface area contributed by atoms with Crippen molar-refractivity contribution in [1.82, 2.24) is 4.48 Å². The van der Waals surface area contributed by atoms with Crippen LogP contribution in [0.15, 0.2) is 120 Å². The van der Waals surface area contributed by atoms with Crippen molar-refractivity contribution in [3.05, 3.63) is 154 Å². The van der Waals surface area contributed by atoms with Crippen LogP contribution in [0, 0.1) is 0 Å². The fraction of sp³-hybridized carbons (Fsp3) is 0.400. The van der Waals surface area contributed by atoms with Gasteiger partial charge in [-0.3, -0.25) is 0 Å². The van der Waals surface area contributed by atoms with Crippen molar-refractivity contribution in [3.63, 3.8) is 0 Å². The molecule has 1 aliphatic heterocycles. The zero-order valence-electron chi connectivity index (χ0n) is 41.5. The van der Waals surface area contributed by atoms with Gasteiger partial charge in [0.25, 0.3) is 0 Å². The molecule has 70 heavy (non-hydrogen) atoms. The normalized spacial score (nSPS) is 15.1. The second kappa shape index (κ2) is 19.0. The molecule has 0 N–H and O–H groups in total. The van der Waals surface area contributed by atoms with E-state index in [-0.39, 0.29) is 49.9 Å². The Morgan fingerprint density at radius 1 is 0.471 bits per heavy atom. The highest BCUT2D eigenvalue weighted by molar-refractivity contribution is 6.44. The lowest BCUT2D eigenvalue weighted by molar-refractivity contribution is -0.295. The Labute approximate surface area is 404 Å². The summed E-state index contributed by atoms with van der Waals surface area (Å²) < 4.78 is 153. The Kier molecular flexibility index (Phi) is 14.6. The van der Waals surface area contributed by atoms with E-state index in [1.165, 1.54) is 6.08 Å². The first-order chi connectivity index (χ1) is 32.0. The van der Waals surface area contributed by atoms with E-state index in [2.05, 4.69) is 41.5 Å². The van der Waals surface area contributed by atoms with Crippen molar-refractivity contribution in [1.29, 1.82) is 0 Å². The topological polar surface area (TPSA) is 35.8 Å². The van der Waals surface area contributed by atoms with Gasteiger partial charge in [-0.25, -0.2) is 4.99 Å². The van der Waals surface area contributed by atoms with Crippen LogP contribution >= 0.6 is 0 Å². The van der Waals surface area contributed by atoms with Crippen molar-refractivity contribution < 1.29 is 53.2 Å². The highest BCUT2D eigenvalue weighted by atomic mass is 19.4. The van der Waals surface area contributed by atoms with Gasteiger partial charge in [-0.05, 0) is 78.8 Å². The Morgan fingerprint density at radius 3 is 1.17 bits per heavy atom. The molecule has 0 bridgehead atoms. The van der Waals surface area contributed by atoms with Crippen LogP contribution in [0.4, 0.5) is 43.9 Å². The molecule has 0 aliphatic carbocycles. The van der Waals surface area contributed by atoms with E-state index in [1.807, 2.05) is 108 Å². The molecule has 0 saturated heterocycles. The van der Waals surface area contributed by atoms with Crippen molar-refractivity contribution in [2.45, 2.75) is 129 Å². The molecule has 15 heteroatoms. The molecule has 0 amide bonds. The van der Waals surface area contributed by atoms with Gasteiger partial charge in [-0.2, -0.15) is 43.9 Å². The molecule has 0 spiro atoms. The molecular weight excluding hydrogens is 921 g/mol. The first-order valence-corrected chi connectivity index (χ1v) is 22.8. The number of nitrogens with zero attached hydrogens (tertiary/aromatic N) is 2. The minimum absolute atomic E-state index is 0.0297. The van der Waals surface area contributed by atoms with Crippen molar-refractivity contribution in [3.8, 4) is 22.4 Å². The van der Waals surface area contributed by atoms with E-state index in [0.29, 0.717) is 28.0 Å². The van der Waals surface area contributed by atoms with Gasteiger partial charge in [-0.15, -0.1) is 0 Å². The number of aromatic nitrogens is 1. The molecule has 0 atom stereocenters. The molecule has 4 aromatic carbocycles. The molecule has 374 valence electrons. The molecular formula is C55H59BF10N2O2. The van der Waals surface area contributed by atoms with E-state index in [4.69, 9.17) is 14.3 Å². The fourth-order valence-electron chi connectivity index (χ4n) is 7.71. The van der Waals surface area contributed by atoms with Crippen molar-refractivity contribution in [2.24, 2.45) is 4.99 Å². The maximum absolute atomic E-state index is 14.8. The Hall–Kier alpha value is -5.41. The van der Waals surface area contributed by atoms with Crippen molar-refractivity contribution >= 4 is 24.6 Å². The summed E-state index contributed by atoms with van der Waals surface area (Å²) in [4.78, 5) is 5.06. The summed E-state index contributed by atoms with van der Waals surface area (Å²) in [5, 5.41) is 0. The molecule has 1 aromatic heterocycles. The van der Waals surface area contributed by atoms with Crippen LogP contribution in [-0.2, 0) is 31.0 Å². The van der Waals surface area contributed by atoms with Gasteiger partial charge in [0.15, 0.2) is 0 Å². The number of allylic oxidation sites excluding steroid dienone is 2. The van der Waals surface area contributed by atoms with Crippen LogP contribution in [-0.4, -0.2) is 54.9 Å². The number of hydrogen-bond donors (Lipinski definition) is 0. The number of aliphatic imine (C=N–C) groups is 1. The molecule has 0 fully saturated rings. The lowest BCUT2D eigenvalue weighted by Gasteiger charge is -2.26. The number of halogens is 10. The second-order valence-corrected chi connectivity index (χ2v) is 21.9. The lowest BCUT2D eigenvalue weighted by atomic mass is 9.85. The zero-order chi connectivity index (χ0) is 52.2. The van der Waals surface area contributed by atoms with Gasteiger partial charge < -0.3 is 13.8 Å². The van der Waals surface area contributed by atoms with Gasteiger partial charge in [0.1, 0.15) is 13.2 Å². The number of benzene rings is 4. The first-order valence-electron chi connectivity index (χ1n) is 22.8. The molecule has 0 radical (unpaired) electrons.